The molecule has 4 heteroatoms. The zero-order valence-electron chi connectivity index (χ0n) is 13.3. The van der Waals surface area contributed by atoms with Crippen molar-refractivity contribution in [3.8, 4) is 0 Å². The zero-order chi connectivity index (χ0) is 15.1. The van der Waals surface area contributed by atoms with Crippen LogP contribution in [0.25, 0.3) is 0 Å². The van der Waals surface area contributed by atoms with Crippen LogP contribution in [0, 0.1) is 5.92 Å². The molecule has 0 bridgehead atoms. The molecule has 0 spiro atoms. The van der Waals surface area contributed by atoms with Gasteiger partial charge in [0.15, 0.2) is 0 Å². The van der Waals surface area contributed by atoms with Crippen LogP contribution in [-0.2, 0) is 9.53 Å². The molecule has 1 heterocycles. The fourth-order valence-electron chi connectivity index (χ4n) is 2.05. The number of nitrogens with zero attached hydrogens (tertiary/aromatic N) is 1. The van der Waals surface area contributed by atoms with E-state index >= 15 is 0 Å². The van der Waals surface area contributed by atoms with Gasteiger partial charge in [0.1, 0.15) is 11.4 Å². The predicted octanol–water partition coefficient (Wildman–Crippen LogP) is 3.64. The van der Waals surface area contributed by atoms with E-state index in [0.29, 0.717) is 25.4 Å². The summed E-state index contributed by atoms with van der Waals surface area (Å²) in [7, 11) is 0. The number of piperidine rings is 1. The van der Waals surface area contributed by atoms with E-state index in [-0.39, 0.29) is 11.9 Å². The average molecular weight is 271 g/mol. The smallest absolute Gasteiger partial charge is 0.410 e. The van der Waals surface area contributed by atoms with Gasteiger partial charge in [-0.1, -0.05) is 13.8 Å². The molecule has 0 radical (unpaired) electrons. The van der Waals surface area contributed by atoms with Crippen molar-refractivity contribution in [3.63, 3.8) is 0 Å². The Balaban J connectivity index is 0.00000154. The molecule has 19 heavy (non-hydrogen) atoms. The van der Waals surface area contributed by atoms with Gasteiger partial charge in [0.05, 0.1) is 0 Å². The second kappa shape index (κ2) is 8.18. The van der Waals surface area contributed by atoms with E-state index in [2.05, 4.69) is 0 Å². The van der Waals surface area contributed by atoms with E-state index in [9.17, 15) is 9.59 Å². The molecular formula is C15H29NO3. The van der Waals surface area contributed by atoms with Crippen LogP contribution in [0.3, 0.4) is 0 Å². The molecule has 0 atom stereocenters. The summed E-state index contributed by atoms with van der Waals surface area (Å²) in [5.74, 6) is 0.673. The first-order valence-corrected chi connectivity index (χ1v) is 7.25. The van der Waals surface area contributed by atoms with E-state index in [1.165, 1.54) is 0 Å². The van der Waals surface area contributed by atoms with E-state index in [0.717, 1.165) is 12.8 Å². The lowest BCUT2D eigenvalue weighted by Crippen LogP contribution is -2.41. The number of ketones is 1. The van der Waals surface area contributed by atoms with Gasteiger partial charge in [0.25, 0.3) is 0 Å². The third-order valence-corrected chi connectivity index (χ3v) is 2.84. The first-order chi connectivity index (χ1) is 8.78. The monoisotopic (exact) mass is 271 g/mol. The van der Waals surface area contributed by atoms with Crippen LogP contribution in [0.4, 0.5) is 4.79 Å². The molecule has 0 N–H and O–H groups in total. The van der Waals surface area contributed by atoms with Crippen molar-refractivity contribution in [2.45, 2.75) is 66.4 Å². The van der Waals surface area contributed by atoms with Crippen molar-refractivity contribution in [1.82, 2.24) is 4.90 Å². The molecule has 1 saturated heterocycles. The Labute approximate surface area is 117 Å². The largest absolute Gasteiger partial charge is 0.444 e. The molecule has 1 amide bonds. The fourth-order valence-corrected chi connectivity index (χ4v) is 2.05. The topological polar surface area (TPSA) is 46.6 Å². The minimum Gasteiger partial charge on any atom is -0.444 e. The van der Waals surface area contributed by atoms with Gasteiger partial charge in [-0.05, 0) is 46.5 Å². The Kier molecular flexibility index (Phi) is 7.72. The minimum absolute atomic E-state index is 0.237. The van der Waals surface area contributed by atoms with E-state index in [4.69, 9.17) is 4.74 Å². The summed E-state index contributed by atoms with van der Waals surface area (Å²) in [5.41, 5.74) is -0.437. The van der Waals surface area contributed by atoms with Crippen molar-refractivity contribution in [2.75, 3.05) is 13.1 Å². The molecule has 4 nitrogen and oxygen atoms in total. The molecule has 0 aromatic rings. The summed E-state index contributed by atoms with van der Waals surface area (Å²) in [4.78, 5) is 24.5. The number of carbonyl (C=O) groups excluding carboxylic acids is 2. The lowest BCUT2D eigenvalue weighted by Gasteiger charge is -2.33. The van der Waals surface area contributed by atoms with Crippen LogP contribution in [0.5, 0.6) is 0 Å². The highest BCUT2D eigenvalue weighted by atomic mass is 16.6. The maximum absolute atomic E-state index is 11.8. The second-order valence-electron chi connectivity index (χ2n) is 5.82. The van der Waals surface area contributed by atoms with E-state index in [1.807, 2.05) is 34.6 Å². The van der Waals surface area contributed by atoms with Crippen molar-refractivity contribution >= 4 is 11.9 Å². The summed E-state index contributed by atoms with van der Waals surface area (Å²) in [6, 6.07) is 0. The number of hydrogen-bond acceptors (Lipinski definition) is 3. The lowest BCUT2D eigenvalue weighted by atomic mass is 9.92. The number of rotatable bonds is 2. The standard InChI is InChI=1S/C13H23NO3.C2H6/c1-10(15)9-11-5-7-14(8-6-11)12(16)17-13(2,3)4;1-2/h11H,5-9H2,1-4H3;1-2H3. The predicted molar refractivity (Wildman–Crippen MR) is 77.2 cm³/mol. The third-order valence-electron chi connectivity index (χ3n) is 2.84. The number of amides is 1. The Hall–Kier alpha value is -1.06. The van der Waals surface area contributed by atoms with E-state index in [1.54, 1.807) is 11.8 Å². The second-order valence-corrected chi connectivity index (χ2v) is 5.82. The van der Waals surface area contributed by atoms with Gasteiger partial charge >= 0.3 is 6.09 Å². The quantitative estimate of drug-likeness (QED) is 0.770. The van der Waals surface area contributed by atoms with Gasteiger partial charge in [0.2, 0.25) is 0 Å². The van der Waals surface area contributed by atoms with Crippen molar-refractivity contribution in [2.24, 2.45) is 5.92 Å². The zero-order valence-corrected chi connectivity index (χ0v) is 13.3. The number of hydrogen-bond donors (Lipinski definition) is 0. The highest BCUT2D eigenvalue weighted by molar-refractivity contribution is 5.75. The van der Waals surface area contributed by atoms with Gasteiger partial charge < -0.3 is 14.4 Å². The van der Waals surface area contributed by atoms with Crippen molar-refractivity contribution in [3.05, 3.63) is 0 Å². The van der Waals surface area contributed by atoms with Crippen molar-refractivity contribution in [1.29, 1.82) is 0 Å². The molecule has 0 unspecified atom stereocenters. The maximum atomic E-state index is 11.8. The molecule has 1 fully saturated rings. The van der Waals surface area contributed by atoms with Gasteiger partial charge in [-0.3, -0.25) is 0 Å². The van der Waals surface area contributed by atoms with Gasteiger partial charge in [0, 0.05) is 19.5 Å². The molecule has 1 aliphatic heterocycles. The molecule has 1 aliphatic rings. The Bertz CT molecular complexity index is 286. The minimum atomic E-state index is -0.437. The number of ether oxygens (including phenoxy) is 1. The first kappa shape index (κ1) is 17.9. The van der Waals surface area contributed by atoms with E-state index < -0.39 is 5.60 Å². The summed E-state index contributed by atoms with van der Waals surface area (Å²) in [5, 5.41) is 0. The highest BCUT2D eigenvalue weighted by Crippen LogP contribution is 2.22. The van der Waals surface area contributed by atoms with Crippen LogP contribution in [-0.4, -0.2) is 35.5 Å². The average Bonchev–Trinajstić information content (AvgIpc) is 2.29. The van der Waals surface area contributed by atoms with Crippen LogP contribution in [0.15, 0.2) is 0 Å². The van der Waals surface area contributed by atoms with Crippen LogP contribution in [0.1, 0.15) is 60.8 Å². The van der Waals surface area contributed by atoms with Crippen molar-refractivity contribution < 1.29 is 14.3 Å². The van der Waals surface area contributed by atoms with Gasteiger partial charge in [-0.2, -0.15) is 0 Å². The molecule has 1 rings (SSSR count). The third kappa shape index (κ3) is 7.85. The number of Topliss-reactive ketones (excluding diaryl/α,β-unsaturated/α-hetero) is 1. The first-order valence-electron chi connectivity index (χ1n) is 7.25. The molecule has 0 aromatic heterocycles. The van der Waals surface area contributed by atoms with Gasteiger partial charge in [-0.25, -0.2) is 4.79 Å². The van der Waals surface area contributed by atoms with Crippen LogP contribution in [0.2, 0.25) is 0 Å². The molecular weight excluding hydrogens is 242 g/mol. The lowest BCUT2D eigenvalue weighted by molar-refractivity contribution is -0.118. The fraction of sp³-hybridized carbons (Fsp3) is 0.867. The SMILES string of the molecule is CC.CC(=O)CC1CCN(C(=O)OC(C)(C)C)CC1. The Morgan fingerprint density at radius 2 is 1.63 bits per heavy atom. The summed E-state index contributed by atoms with van der Waals surface area (Å²) in [6.07, 6.45) is 2.21. The summed E-state index contributed by atoms with van der Waals surface area (Å²) >= 11 is 0. The normalized spacial score (nSPS) is 16.4. The summed E-state index contributed by atoms with van der Waals surface area (Å²) in [6.45, 7) is 12.6. The van der Waals surface area contributed by atoms with Crippen LogP contribution < -0.4 is 0 Å². The van der Waals surface area contributed by atoms with Crippen LogP contribution >= 0.6 is 0 Å². The molecule has 0 saturated carbocycles. The molecule has 0 aromatic carbocycles. The summed E-state index contributed by atoms with van der Waals surface area (Å²) < 4.78 is 5.31. The van der Waals surface area contributed by atoms with Gasteiger partial charge in [-0.15, -0.1) is 0 Å². The highest BCUT2D eigenvalue weighted by Gasteiger charge is 2.27. The number of carbonyl (C=O) groups is 2. The maximum Gasteiger partial charge on any atom is 0.410 e. The Morgan fingerprint density at radius 3 is 2.00 bits per heavy atom. The molecule has 0 aliphatic carbocycles. The Morgan fingerprint density at radius 1 is 1.16 bits per heavy atom. The number of likely N-dealkylation sites (tertiary alicyclic amines) is 1. The molecule has 112 valence electrons.